The second-order valence-electron chi connectivity index (χ2n) is 2.74. The number of aromatic nitrogens is 1. The van der Waals surface area contributed by atoms with Crippen LogP contribution in [-0.4, -0.2) is 10.7 Å². The second-order valence-corrected chi connectivity index (χ2v) is 3.87. The van der Waals surface area contributed by atoms with Gasteiger partial charge in [0.25, 0.3) is 0 Å². The van der Waals surface area contributed by atoms with E-state index in [9.17, 15) is 0 Å². The monoisotopic (exact) mass is 195 g/mol. The van der Waals surface area contributed by atoms with Crippen molar-refractivity contribution in [1.29, 1.82) is 0 Å². The van der Waals surface area contributed by atoms with Gasteiger partial charge < -0.3 is 0 Å². The highest BCUT2D eigenvalue weighted by molar-refractivity contribution is 7.99. The standard InChI is InChI=1S/C9H11NS.C2H6/c1-2-8-5-7-3-4-11-9(7)6-10-8;1-2/h5-6H,2-4H2,1H3;1-2H3. The van der Waals surface area contributed by atoms with Crippen LogP contribution < -0.4 is 0 Å². The average molecular weight is 195 g/mol. The number of aryl methyl sites for hydroxylation is 2. The highest BCUT2D eigenvalue weighted by Crippen LogP contribution is 2.30. The quantitative estimate of drug-likeness (QED) is 0.682. The van der Waals surface area contributed by atoms with Crippen LogP contribution in [0.5, 0.6) is 0 Å². The van der Waals surface area contributed by atoms with Crippen LogP contribution in [0.15, 0.2) is 17.2 Å². The number of thioether (sulfide) groups is 1. The van der Waals surface area contributed by atoms with E-state index in [-0.39, 0.29) is 0 Å². The van der Waals surface area contributed by atoms with E-state index in [4.69, 9.17) is 0 Å². The van der Waals surface area contributed by atoms with Crippen LogP contribution in [0.25, 0.3) is 0 Å². The minimum absolute atomic E-state index is 1.05. The van der Waals surface area contributed by atoms with Gasteiger partial charge in [0.05, 0.1) is 0 Å². The van der Waals surface area contributed by atoms with Gasteiger partial charge in [-0.3, -0.25) is 4.98 Å². The van der Waals surface area contributed by atoms with Gasteiger partial charge in [-0.15, -0.1) is 11.8 Å². The molecule has 0 aliphatic carbocycles. The topological polar surface area (TPSA) is 12.9 Å². The van der Waals surface area contributed by atoms with Gasteiger partial charge in [0.15, 0.2) is 0 Å². The van der Waals surface area contributed by atoms with Gasteiger partial charge in [-0.05, 0) is 24.5 Å². The van der Waals surface area contributed by atoms with Crippen molar-refractivity contribution in [2.45, 2.75) is 38.5 Å². The molecule has 1 nitrogen and oxygen atoms in total. The Labute approximate surface area is 85.0 Å². The zero-order valence-corrected chi connectivity index (χ0v) is 9.45. The van der Waals surface area contributed by atoms with Crippen molar-refractivity contribution in [3.05, 3.63) is 23.5 Å². The first-order valence-corrected chi connectivity index (χ1v) is 5.99. The van der Waals surface area contributed by atoms with E-state index in [1.807, 2.05) is 31.8 Å². The van der Waals surface area contributed by atoms with Crippen LogP contribution >= 0.6 is 11.8 Å². The molecule has 2 rings (SSSR count). The molecule has 72 valence electrons. The lowest BCUT2D eigenvalue weighted by atomic mass is 10.1. The maximum absolute atomic E-state index is 4.35. The van der Waals surface area contributed by atoms with Gasteiger partial charge in [-0.25, -0.2) is 0 Å². The fourth-order valence-electron chi connectivity index (χ4n) is 1.32. The summed E-state index contributed by atoms with van der Waals surface area (Å²) in [5.41, 5.74) is 2.73. The van der Waals surface area contributed by atoms with E-state index in [1.165, 1.54) is 28.3 Å². The first kappa shape index (κ1) is 10.6. The summed E-state index contributed by atoms with van der Waals surface area (Å²) in [6.45, 7) is 6.15. The lowest BCUT2D eigenvalue weighted by molar-refractivity contribution is 0.988. The van der Waals surface area contributed by atoms with Crippen LogP contribution in [0.3, 0.4) is 0 Å². The maximum atomic E-state index is 4.35. The Hall–Kier alpha value is -0.500. The van der Waals surface area contributed by atoms with Gasteiger partial charge in [-0.2, -0.15) is 0 Å². The van der Waals surface area contributed by atoms with Crippen molar-refractivity contribution >= 4 is 11.8 Å². The molecule has 0 saturated heterocycles. The molecule has 0 radical (unpaired) electrons. The number of hydrogen-bond donors (Lipinski definition) is 0. The number of nitrogens with zero attached hydrogens (tertiary/aromatic N) is 1. The van der Waals surface area contributed by atoms with Gasteiger partial charge >= 0.3 is 0 Å². The van der Waals surface area contributed by atoms with Gasteiger partial charge in [0.1, 0.15) is 0 Å². The highest BCUT2D eigenvalue weighted by Gasteiger charge is 2.11. The maximum Gasteiger partial charge on any atom is 0.0410 e. The van der Waals surface area contributed by atoms with Crippen molar-refractivity contribution in [2.75, 3.05) is 5.75 Å². The first-order chi connectivity index (χ1) is 6.40. The molecule has 0 atom stereocenters. The molecule has 1 aliphatic heterocycles. The van der Waals surface area contributed by atoms with Gasteiger partial charge in [0.2, 0.25) is 0 Å². The minimum Gasteiger partial charge on any atom is -0.260 e. The van der Waals surface area contributed by atoms with E-state index in [1.54, 1.807) is 0 Å². The molecule has 0 aromatic carbocycles. The SMILES string of the molecule is CC.CCc1cc2c(cn1)SCC2. The van der Waals surface area contributed by atoms with Crippen molar-refractivity contribution in [3.8, 4) is 0 Å². The van der Waals surface area contributed by atoms with E-state index < -0.39 is 0 Å². The summed E-state index contributed by atoms with van der Waals surface area (Å²) < 4.78 is 0. The van der Waals surface area contributed by atoms with Crippen LogP contribution in [0.1, 0.15) is 32.0 Å². The molecule has 0 fully saturated rings. The third-order valence-electron chi connectivity index (χ3n) is 2.00. The normalized spacial score (nSPS) is 13.2. The zero-order chi connectivity index (χ0) is 9.68. The Morgan fingerprint density at radius 3 is 2.92 bits per heavy atom. The molecule has 2 heteroatoms. The van der Waals surface area contributed by atoms with Crippen molar-refractivity contribution < 1.29 is 0 Å². The predicted molar refractivity (Wildman–Crippen MR) is 59.4 cm³/mol. The van der Waals surface area contributed by atoms with E-state index in [0.717, 1.165) is 6.42 Å². The summed E-state index contributed by atoms with van der Waals surface area (Å²) in [5, 5.41) is 0. The largest absolute Gasteiger partial charge is 0.260 e. The molecule has 2 heterocycles. The van der Waals surface area contributed by atoms with E-state index >= 15 is 0 Å². The second kappa shape index (κ2) is 5.28. The molecule has 0 bridgehead atoms. The average Bonchev–Trinajstić information content (AvgIpc) is 2.67. The lowest BCUT2D eigenvalue weighted by Gasteiger charge is -1.99. The summed E-state index contributed by atoms with van der Waals surface area (Å²) in [5.74, 6) is 1.24. The molecule has 13 heavy (non-hydrogen) atoms. The first-order valence-electron chi connectivity index (χ1n) is 5.00. The molecule has 0 amide bonds. The van der Waals surface area contributed by atoms with Crippen LogP contribution in [-0.2, 0) is 12.8 Å². The summed E-state index contributed by atoms with van der Waals surface area (Å²) in [7, 11) is 0. The van der Waals surface area contributed by atoms with Crippen molar-refractivity contribution in [1.82, 2.24) is 4.98 Å². The number of rotatable bonds is 1. The molecule has 1 aromatic rings. The van der Waals surface area contributed by atoms with E-state index in [0.29, 0.717) is 0 Å². The molecule has 0 spiro atoms. The summed E-state index contributed by atoms with van der Waals surface area (Å²) >= 11 is 1.92. The van der Waals surface area contributed by atoms with Gasteiger partial charge in [0, 0.05) is 22.5 Å². The highest BCUT2D eigenvalue weighted by atomic mass is 32.2. The van der Waals surface area contributed by atoms with Crippen molar-refractivity contribution in [3.63, 3.8) is 0 Å². The number of fused-ring (bicyclic) bond motifs is 1. The number of pyridine rings is 1. The van der Waals surface area contributed by atoms with E-state index in [2.05, 4.69) is 18.0 Å². The van der Waals surface area contributed by atoms with Crippen molar-refractivity contribution in [2.24, 2.45) is 0 Å². The molecule has 1 aliphatic rings. The molecular formula is C11H17NS. The third-order valence-corrected chi connectivity index (χ3v) is 3.08. The molecule has 0 saturated carbocycles. The fraction of sp³-hybridized carbons (Fsp3) is 0.545. The lowest BCUT2D eigenvalue weighted by Crippen LogP contribution is -1.89. The Morgan fingerprint density at radius 1 is 1.46 bits per heavy atom. The molecular weight excluding hydrogens is 178 g/mol. The predicted octanol–water partition coefficient (Wildman–Crippen LogP) is 3.32. The molecule has 0 unspecified atom stereocenters. The molecule has 1 aromatic heterocycles. The smallest absolute Gasteiger partial charge is 0.0410 e. The third kappa shape index (κ3) is 2.47. The Balaban J connectivity index is 0.000000396. The fourth-order valence-corrected chi connectivity index (χ4v) is 2.34. The summed E-state index contributed by atoms with van der Waals surface area (Å²) in [4.78, 5) is 5.74. The molecule has 0 N–H and O–H groups in total. The van der Waals surface area contributed by atoms with Gasteiger partial charge in [-0.1, -0.05) is 20.8 Å². The summed E-state index contributed by atoms with van der Waals surface area (Å²) in [6, 6.07) is 2.25. The Kier molecular flexibility index (Phi) is 4.29. The Bertz CT molecular complexity index is 271. The minimum atomic E-state index is 1.05. The number of hydrogen-bond acceptors (Lipinski definition) is 2. The van der Waals surface area contributed by atoms with Crippen LogP contribution in [0.4, 0.5) is 0 Å². The van der Waals surface area contributed by atoms with Crippen LogP contribution in [0.2, 0.25) is 0 Å². The Morgan fingerprint density at radius 2 is 2.23 bits per heavy atom. The summed E-state index contributed by atoms with van der Waals surface area (Å²) in [6.07, 6.45) is 4.30. The zero-order valence-electron chi connectivity index (χ0n) is 8.63. The van der Waals surface area contributed by atoms with Crippen LogP contribution in [0, 0.1) is 0 Å².